The maximum Gasteiger partial charge on any atom is 0.330 e. The zero-order valence-electron chi connectivity index (χ0n) is 9.79. The smallest absolute Gasteiger partial charge is 0.330 e. The normalized spacial score (nSPS) is 13.1. The molecule has 0 radical (unpaired) electrons. The molecule has 5 heteroatoms. The number of carbonyl (C=O) groups is 2. The first-order chi connectivity index (χ1) is 6.88. The fourth-order valence-corrected chi connectivity index (χ4v) is 1.18. The topological polar surface area (TPSA) is 81.4 Å². The molecule has 15 heavy (non-hydrogen) atoms. The average Bonchev–Trinajstić information content (AvgIpc) is 2.17. The maximum atomic E-state index is 11.6. The Labute approximate surface area is 90.4 Å². The van der Waals surface area contributed by atoms with Crippen LogP contribution in [-0.2, 0) is 14.3 Å². The molecule has 88 valence electrons. The second-order valence-corrected chi connectivity index (χ2v) is 3.95. The quantitative estimate of drug-likeness (QED) is 0.636. The molecule has 0 aliphatic rings. The van der Waals surface area contributed by atoms with E-state index in [0.717, 1.165) is 0 Å². The van der Waals surface area contributed by atoms with Crippen LogP contribution in [0.25, 0.3) is 0 Å². The molecule has 3 N–H and O–H groups in total. The Morgan fingerprint density at radius 2 is 2.00 bits per heavy atom. The highest BCUT2D eigenvalue weighted by molar-refractivity contribution is 5.88. The number of hydrogen-bond donors (Lipinski definition) is 2. The van der Waals surface area contributed by atoms with Gasteiger partial charge >= 0.3 is 5.97 Å². The van der Waals surface area contributed by atoms with E-state index < -0.39 is 11.5 Å². The fraction of sp³-hybridized carbons (Fsp3) is 0.800. The van der Waals surface area contributed by atoms with Crippen LogP contribution >= 0.6 is 0 Å². The zero-order chi connectivity index (χ0) is 12.1. The number of rotatable bonds is 5. The molecule has 0 heterocycles. The number of ether oxygens (including phenoxy) is 1. The highest BCUT2D eigenvalue weighted by atomic mass is 16.5. The summed E-state index contributed by atoms with van der Waals surface area (Å²) in [6.07, 6.45) is 0.652. The molecule has 5 nitrogen and oxygen atoms in total. The van der Waals surface area contributed by atoms with Gasteiger partial charge < -0.3 is 15.8 Å². The monoisotopic (exact) mass is 216 g/mol. The lowest BCUT2D eigenvalue weighted by atomic mass is 10.0. The SMILES string of the molecule is CCC(CN)C(=O)NC(C)(C)C(=O)OC. The number of carbonyl (C=O) groups excluding carboxylic acids is 2. The number of methoxy groups -OCH3 is 1. The minimum Gasteiger partial charge on any atom is -0.467 e. The molecule has 0 aromatic rings. The number of nitrogens with one attached hydrogen (secondary N) is 1. The molecule has 0 fully saturated rings. The Morgan fingerprint density at radius 1 is 1.47 bits per heavy atom. The van der Waals surface area contributed by atoms with E-state index in [-0.39, 0.29) is 18.4 Å². The lowest BCUT2D eigenvalue weighted by Gasteiger charge is -2.25. The Hall–Kier alpha value is -1.10. The number of nitrogens with two attached hydrogens (primary N) is 1. The van der Waals surface area contributed by atoms with Crippen molar-refractivity contribution >= 4 is 11.9 Å². The molecule has 0 aliphatic heterocycles. The molecule has 0 saturated carbocycles. The molecule has 0 aromatic carbocycles. The summed E-state index contributed by atoms with van der Waals surface area (Å²) in [6.45, 7) is 5.35. The first kappa shape index (κ1) is 13.9. The van der Waals surface area contributed by atoms with E-state index in [1.807, 2.05) is 6.92 Å². The van der Waals surface area contributed by atoms with Gasteiger partial charge in [-0.15, -0.1) is 0 Å². The second-order valence-electron chi connectivity index (χ2n) is 3.95. The third kappa shape index (κ3) is 3.87. The summed E-state index contributed by atoms with van der Waals surface area (Å²) in [5.74, 6) is -0.938. The van der Waals surface area contributed by atoms with Crippen molar-refractivity contribution in [2.75, 3.05) is 13.7 Å². The van der Waals surface area contributed by atoms with Crippen molar-refractivity contribution in [2.24, 2.45) is 11.7 Å². The molecular formula is C10H20N2O3. The van der Waals surface area contributed by atoms with Gasteiger partial charge in [-0.2, -0.15) is 0 Å². The zero-order valence-corrected chi connectivity index (χ0v) is 9.79. The standard InChI is InChI=1S/C10H20N2O3/c1-5-7(6-11)8(13)12-10(2,3)9(14)15-4/h7H,5-6,11H2,1-4H3,(H,12,13). The van der Waals surface area contributed by atoms with Crippen LogP contribution in [0.2, 0.25) is 0 Å². The second kappa shape index (κ2) is 5.70. The van der Waals surface area contributed by atoms with Crippen LogP contribution in [0, 0.1) is 5.92 Å². The Balaban J connectivity index is 4.45. The average molecular weight is 216 g/mol. The van der Waals surface area contributed by atoms with Crippen LogP contribution in [0.3, 0.4) is 0 Å². The molecular weight excluding hydrogens is 196 g/mol. The molecule has 1 unspecified atom stereocenters. The van der Waals surface area contributed by atoms with Gasteiger partial charge in [0.2, 0.25) is 5.91 Å². The largest absolute Gasteiger partial charge is 0.467 e. The Morgan fingerprint density at radius 3 is 2.33 bits per heavy atom. The first-order valence-electron chi connectivity index (χ1n) is 4.99. The minimum atomic E-state index is -1.01. The number of esters is 1. The summed E-state index contributed by atoms with van der Waals surface area (Å²) in [5.41, 5.74) is 4.43. The molecule has 1 atom stereocenters. The van der Waals surface area contributed by atoms with E-state index >= 15 is 0 Å². The lowest BCUT2D eigenvalue weighted by Crippen LogP contribution is -2.52. The van der Waals surface area contributed by atoms with E-state index in [1.165, 1.54) is 7.11 Å². The lowest BCUT2D eigenvalue weighted by molar-refractivity contribution is -0.149. The number of hydrogen-bond acceptors (Lipinski definition) is 4. The molecule has 1 amide bonds. The maximum absolute atomic E-state index is 11.6. The highest BCUT2D eigenvalue weighted by Gasteiger charge is 2.32. The van der Waals surface area contributed by atoms with E-state index in [4.69, 9.17) is 5.73 Å². The van der Waals surface area contributed by atoms with Crippen LogP contribution in [0.4, 0.5) is 0 Å². The van der Waals surface area contributed by atoms with Gasteiger partial charge in [0.1, 0.15) is 5.54 Å². The van der Waals surface area contributed by atoms with E-state index in [0.29, 0.717) is 6.42 Å². The molecule has 0 saturated heterocycles. The van der Waals surface area contributed by atoms with Crippen LogP contribution in [-0.4, -0.2) is 31.1 Å². The third-order valence-electron chi connectivity index (χ3n) is 2.28. The highest BCUT2D eigenvalue weighted by Crippen LogP contribution is 2.08. The first-order valence-corrected chi connectivity index (χ1v) is 4.99. The van der Waals surface area contributed by atoms with Crippen LogP contribution < -0.4 is 11.1 Å². The van der Waals surface area contributed by atoms with Crippen molar-refractivity contribution in [1.82, 2.24) is 5.32 Å². The molecule has 0 rings (SSSR count). The summed E-state index contributed by atoms with van der Waals surface area (Å²) < 4.78 is 4.58. The summed E-state index contributed by atoms with van der Waals surface area (Å²) in [7, 11) is 1.29. The Bertz CT molecular complexity index is 235. The summed E-state index contributed by atoms with van der Waals surface area (Å²) in [4.78, 5) is 22.9. The number of amides is 1. The molecule has 0 aromatic heterocycles. The molecule has 0 bridgehead atoms. The van der Waals surface area contributed by atoms with Gasteiger partial charge in [-0.05, 0) is 20.3 Å². The van der Waals surface area contributed by atoms with Gasteiger partial charge in [-0.25, -0.2) is 4.79 Å². The van der Waals surface area contributed by atoms with Crippen molar-refractivity contribution in [2.45, 2.75) is 32.7 Å². The van der Waals surface area contributed by atoms with E-state index in [9.17, 15) is 9.59 Å². The van der Waals surface area contributed by atoms with E-state index in [1.54, 1.807) is 13.8 Å². The van der Waals surface area contributed by atoms with Crippen molar-refractivity contribution in [3.8, 4) is 0 Å². The van der Waals surface area contributed by atoms with Crippen LogP contribution in [0.15, 0.2) is 0 Å². The summed E-state index contributed by atoms with van der Waals surface area (Å²) in [5, 5.41) is 2.62. The van der Waals surface area contributed by atoms with Crippen molar-refractivity contribution in [1.29, 1.82) is 0 Å². The predicted molar refractivity (Wildman–Crippen MR) is 57.1 cm³/mol. The van der Waals surface area contributed by atoms with Gasteiger partial charge in [0, 0.05) is 12.5 Å². The van der Waals surface area contributed by atoms with Gasteiger partial charge in [0.05, 0.1) is 7.11 Å². The summed E-state index contributed by atoms with van der Waals surface area (Å²) in [6, 6.07) is 0. The van der Waals surface area contributed by atoms with E-state index in [2.05, 4.69) is 10.1 Å². The van der Waals surface area contributed by atoms with Crippen molar-refractivity contribution in [3.05, 3.63) is 0 Å². The van der Waals surface area contributed by atoms with Crippen molar-refractivity contribution in [3.63, 3.8) is 0 Å². The third-order valence-corrected chi connectivity index (χ3v) is 2.28. The van der Waals surface area contributed by atoms with Gasteiger partial charge in [0.25, 0.3) is 0 Å². The van der Waals surface area contributed by atoms with Crippen molar-refractivity contribution < 1.29 is 14.3 Å². The van der Waals surface area contributed by atoms with Gasteiger partial charge in [0.15, 0.2) is 0 Å². The summed E-state index contributed by atoms with van der Waals surface area (Å²) >= 11 is 0. The predicted octanol–water partition coefficient (Wildman–Crippen LogP) is 0.0391. The fourth-order valence-electron chi connectivity index (χ4n) is 1.18. The Kier molecular flexibility index (Phi) is 5.28. The van der Waals surface area contributed by atoms with Gasteiger partial charge in [-0.3, -0.25) is 4.79 Å². The van der Waals surface area contributed by atoms with Crippen LogP contribution in [0.1, 0.15) is 27.2 Å². The minimum absolute atomic E-state index is 0.213. The molecule has 0 spiro atoms. The van der Waals surface area contributed by atoms with Gasteiger partial charge in [-0.1, -0.05) is 6.92 Å². The van der Waals surface area contributed by atoms with Crippen LogP contribution in [0.5, 0.6) is 0 Å². The molecule has 0 aliphatic carbocycles.